The number of anilines is 2. The number of carbonyl (C=O) groups excluding carboxylic acids is 2. The van der Waals surface area contributed by atoms with E-state index in [-0.39, 0.29) is 23.3 Å². The van der Waals surface area contributed by atoms with Gasteiger partial charge in [-0.3, -0.25) is 9.59 Å². The highest BCUT2D eigenvalue weighted by atomic mass is 79.9. The van der Waals surface area contributed by atoms with Gasteiger partial charge in [0.25, 0.3) is 0 Å². The molecule has 1 N–H and O–H groups in total. The van der Waals surface area contributed by atoms with Crippen molar-refractivity contribution >= 4 is 50.9 Å². The molecule has 2 aromatic rings. The minimum absolute atomic E-state index is 0.00695. The van der Waals surface area contributed by atoms with Crippen LogP contribution in [0.4, 0.5) is 11.4 Å². The molecule has 6 nitrogen and oxygen atoms in total. The fourth-order valence-electron chi connectivity index (χ4n) is 3.10. The minimum Gasteiger partial charge on any atom is -0.378 e. The third-order valence-corrected chi connectivity index (χ3v) is 6.14. The predicted octanol–water partition coefficient (Wildman–Crippen LogP) is 3.62. The third-order valence-electron chi connectivity index (χ3n) is 4.73. The molecule has 3 rings (SSSR count). The van der Waals surface area contributed by atoms with Crippen LogP contribution in [0.2, 0.25) is 0 Å². The van der Waals surface area contributed by atoms with Crippen LogP contribution < -0.4 is 10.2 Å². The van der Waals surface area contributed by atoms with Gasteiger partial charge in [0.2, 0.25) is 11.8 Å². The first kappa shape index (κ1) is 22.7. The van der Waals surface area contributed by atoms with E-state index in [0.717, 1.165) is 42.0 Å². The molecule has 1 aliphatic rings. The number of nitrogens with zero attached hydrogens (tertiary/aromatic N) is 2. The molecule has 30 heavy (non-hydrogen) atoms. The van der Waals surface area contributed by atoms with Gasteiger partial charge in [-0.2, -0.15) is 0 Å². The maximum atomic E-state index is 12.4. The van der Waals surface area contributed by atoms with Gasteiger partial charge in [0.05, 0.1) is 24.7 Å². The van der Waals surface area contributed by atoms with Crippen molar-refractivity contribution in [2.24, 2.45) is 0 Å². The van der Waals surface area contributed by atoms with E-state index < -0.39 is 0 Å². The number of nitrogens with one attached hydrogen (secondary N) is 1. The molecule has 0 saturated carbocycles. The number of amides is 2. The zero-order chi connectivity index (χ0) is 21.3. The van der Waals surface area contributed by atoms with Gasteiger partial charge in [-0.05, 0) is 35.9 Å². The Balaban J connectivity index is 1.39. The molecular weight excluding hydrogens is 466 g/mol. The van der Waals surface area contributed by atoms with Crippen LogP contribution in [0, 0.1) is 0 Å². The summed E-state index contributed by atoms with van der Waals surface area (Å²) >= 11 is 4.70. The molecule has 2 aromatic carbocycles. The summed E-state index contributed by atoms with van der Waals surface area (Å²) in [7, 11) is 1.79. The highest BCUT2D eigenvalue weighted by Gasteiger charge is 2.13. The van der Waals surface area contributed by atoms with Crippen molar-refractivity contribution in [3.05, 3.63) is 58.6 Å². The summed E-state index contributed by atoms with van der Waals surface area (Å²) in [5, 5.41) is 2.83. The maximum Gasteiger partial charge on any atom is 0.234 e. The molecule has 0 aliphatic carbocycles. The zero-order valence-corrected chi connectivity index (χ0v) is 19.4. The van der Waals surface area contributed by atoms with Crippen molar-refractivity contribution in [3.63, 3.8) is 0 Å². The fourth-order valence-corrected chi connectivity index (χ4v) is 4.25. The van der Waals surface area contributed by atoms with Crippen LogP contribution in [-0.4, -0.2) is 61.6 Å². The smallest absolute Gasteiger partial charge is 0.234 e. The number of thioether (sulfide) groups is 1. The van der Waals surface area contributed by atoms with Crippen LogP contribution in [0.3, 0.4) is 0 Å². The summed E-state index contributed by atoms with van der Waals surface area (Å²) in [6.45, 7) is 3.89. The van der Waals surface area contributed by atoms with E-state index in [1.54, 1.807) is 11.9 Å². The normalized spacial score (nSPS) is 13.7. The fraction of sp³-hybridized carbons (Fsp3) is 0.364. The van der Waals surface area contributed by atoms with Crippen molar-refractivity contribution in [3.8, 4) is 0 Å². The Bertz CT molecular complexity index is 857. The number of hydrogen-bond acceptors (Lipinski definition) is 5. The molecule has 160 valence electrons. The first-order valence-electron chi connectivity index (χ1n) is 9.80. The largest absolute Gasteiger partial charge is 0.378 e. The summed E-state index contributed by atoms with van der Waals surface area (Å²) < 4.78 is 6.30. The molecule has 0 bridgehead atoms. The number of benzene rings is 2. The lowest BCUT2D eigenvalue weighted by molar-refractivity contribution is -0.127. The number of rotatable bonds is 8. The average molecular weight is 492 g/mol. The Kier molecular flexibility index (Phi) is 8.60. The van der Waals surface area contributed by atoms with Gasteiger partial charge >= 0.3 is 0 Å². The van der Waals surface area contributed by atoms with E-state index in [9.17, 15) is 9.59 Å². The standard InChI is InChI=1S/C22H26BrN3O3S/c1-25(14-17-5-7-20(8-6-17)26-9-11-29-12-10-26)22(28)16-30-15-21(27)24-19-4-2-3-18(23)13-19/h2-8,13H,9-12,14-16H2,1H3,(H,24,27). The van der Waals surface area contributed by atoms with E-state index in [1.165, 1.54) is 17.4 Å². The molecule has 1 saturated heterocycles. The number of carbonyl (C=O) groups is 2. The van der Waals surface area contributed by atoms with Gasteiger partial charge in [-0.15, -0.1) is 11.8 Å². The minimum atomic E-state index is -0.118. The van der Waals surface area contributed by atoms with Crippen LogP contribution in [0.5, 0.6) is 0 Å². The highest BCUT2D eigenvalue weighted by molar-refractivity contribution is 9.10. The van der Waals surface area contributed by atoms with E-state index >= 15 is 0 Å². The van der Waals surface area contributed by atoms with Gasteiger partial charge in [0.15, 0.2) is 0 Å². The number of morpholine rings is 1. The first-order chi connectivity index (χ1) is 14.5. The summed E-state index contributed by atoms with van der Waals surface area (Å²) in [5.74, 6) is 0.397. The van der Waals surface area contributed by atoms with Gasteiger partial charge in [-0.25, -0.2) is 0 Å². The highest BCUT2D eigenvalue weighted by Crippen LogP contribution is 2.18. The summed E-state index contributed by atoms with van der Waals surface area (Å²) in [6, 6.07) is 15.7. The predicted molar refractivity (Wildman–Crippen MR) is 126 cm³/mol. The lowest BCUT2D eigenvalue weighted by atomic mass is 10.2. The summed E-state index contributed by atoms with van der Waals surface area (Å²) in [4.78, 5) is 28.4. The lowest BCUT2D eigenvalue weighted by Crippen LogP contribution is -2.36. The maximum absolute atomic E-state index is 12.4. The molecule has 1 fully saturated rings. The number of halogens is 1. The van der Waals surface area contributed by atoms with Crippen molar-refractivity contribution < 1.29 is 14.3 Å². The Morgan fingerprint density at radius 2 is 1.87 bits per heavy atom. The van der Waals surface area contributed by atoms with Crippen LogP contribution in [0.1, 0.15) is 5.56 Å². The molecule has 8 heteroatoms. The van der Waals surface area contributed by atoms with Crippen LogP contribution in [0.15, 0.2) is 53.0 Å². The quantitative estimate of drug-likeness (QED) is 0.610. The molecule has 2 amide bonds. The molecular formula is C22H26BrN3O3S. The van der Waals surface area contributed by atoms with Crippen LogP contribution in [0.25, 0.3) is 0 Å². The Hall–Kier alpha value is -2.03. The molecule has 0 spiro atoms. The van der Waals surface area contributed by atoms with E-state index in [0.29, 0.717) is 6.54 Å². The van der Waals surface area contributed by atoms with E-state index in [4.69, 9.17) is 4.74 Å². The van der Waals surface area contributed by atoms with Gasteiger partial charge in [0, 0.05) is 42.5 Å². The van der Waals surface area contributed by atoms with Crippen LogP contribution in [-0.2, 0) is 20.9 Å². The monoisotopic (exact) mass is 491 g/mol. The van der Waals surface area contributed by atoms with Gasteiger partial charge < -0.3 is 19.9 Å². The number of ether oxygens (including phenoxy) is 1. The second-order valence-electron chi connectivity index (χ2n) is 7.07. The average Bonchev–Trinajstić information content (AvgIpc) is 2.75. The molecule has 0 unspecified atom stereocenters. The number of hydrogen-bond donors (Lipinski definition) is 1. The summed E-state index contributed by atoms with van der Waals surface area (Å²) in [5.41, 5.74) is 3.00. The van der Waals surface area contributed by atoms with E-state index in [2.05, 4.69) is 50.4 Å². The molecule has 0 aromatic heterocycles. The second kappa shape index (κ2) is 11.4. The van der Waals surface area contributed by atoms with Gasteiger partial charge in [-0.1, -0.05) is 34.1 Å². The first-order valence-corrected chi connectivity index (χ1v) is 11.7. The Morgan fingerprint density at radius 3 is 2.57 bits per heavy atom. The molecule has 0 radical (unpaired) electrons. The second-order valence-corrected chi connectivity index (χ2v) is 8.97. The third kappa shape index (κ3) is 7.04. The van der Waals surface area contributed by atoms with Crippen molar-refractivity contribution in [1.82, 2.24) is 4.90 Å². The zero-order valence-electron chi connectivity index (χ0n) is 17.0. The molecule has 1 heterocycles. The van der Waals surface area contributed by atoms with Crippen LogP contribution >= 0.6 is 27.7 Å². The van der Waals surface area contributed by atoms with Crippen molar-refractivity contribution in [2.45, 2.75) is 6.54 Å². The summed E-state index contributed by atoms with van der Waals surface area (Å²) in [6.07, 6.45) is 0. The topological polar surface area (TPSA) is 61.9 Å². The molecule has 1 aliphatic heterocycles. The SMILES string of the molecule is CN(Cc1ccc(N2CCOCC2)cc1)C(=O)CSCC(=O)Nc1cccc(Br)c1. The Morgan fingerprint density at radius 1 is 1.13 bits per heavy atom. The van der Waals surface area contributed by atoms with Crippen molar-refractivity contribution in [1.29, 1.82) is 0 Å². The van der Waals surface area contributed by atoms with Gasteiger partial charge in [0.1, 0.15) is 0 Å². The lowest BCUT2D eigenvalue weighted by Gasteiger charge is -2.29. The van der Waals surface area contributed by atoms with E-state index in [1.807, 2.05) is 24.3 Å². The molecule has 0 atom stereocenters. The Labute approximate surface area is 190 Å². The van der Waals surface area contributed by atoms with Crippen molar-refractivity contribution in [2.75, 3.05) is 55.1 Å².